The number of hydrogen-bond acceptors (Lipinski definition) is 8. The summed E-state index contributed by atoms with van der Waals surface area (Å²) >= 11 is 0. The van der Waals surface area contributed by atoms with E-state index >= 15 is 0 Å². The van der Waals surface area contributed by atoms with Crippen LogP contribution in [0.2, 0.25) is 0 Å². The number of primary amides is 1. The van der Waals surface area contributed by atoms with E-state index in [1.54, 1.807) is 6.92 Å². The normalized spacial score (nSPS) is 29.3. The van der Waals surface area contributed by atoms with Crippen LogP contribution in [0, 0.1) is 0 Å². The van der Waals surface area contributed by atoms with E-state index in [0.717, 1.165) is 11.0 Å². The summed E-state index contributed by atoms with van der Waals surface area (Å²) in [5.74, 6) is -1.63. The first kappa shape index (κ1) is 16.3. The van der Waals surface area contributed by atoms with Gasteiger partial charge in [0.2, 0.25) is 5.82 Å². The first-order chi connectivity index (χ1) is 10.3. The maximum atomic E-state index is 11.4. The molecule has 0 radical (unpaired) electrons. The van der Waals surface area contributed by atoms with Crippen LogP contribution < -0.4 is 11.5 Å². The zero-order chi connectivity index (χ0) is 16.4. The highest BCUT2D eigenvalue weighted by molar-refractivity contribution is 5.88. The zero-order valence-electron chi connectivity index (χ0n) is 11.8. The molecule has 11 nitrogen and oxygen atoms in total. The summed E-state index contributed by atoms with van der Waals surface area (Å²) in [4.78, 5) is 26.0. The Labute approximate surface area is 124 Å². The number of amides is 1. The molecule has 0 spiro atoms. The van der Waals surface area contributed by atoms with Crippen molar-refractivity contribution in [3.63, 3.8) is 0 Å². The molecule has 0 saturated carbocycles. The quantitative estimate of drug-likeness (QED) is 0.399. The highest BCUT2D eigenvalue weighted by Crippen LogP contribution is 2.28. The predicted molar refractivity (Wildman–Crippen MR) is 67.8 cm³/mol. The van der Waals surface area contributed by atoms with Gasteiger partial charge >= 0.3 is 5.97 Å². The van der Waals surface area contributed by atoms with E-state index in [9.17, 15) is 19.8 Å². The number of ether oxygens (including phenoxy) is 2. The maximum Gasteiger partial charge on any atom is 0.364 e. The molecule has 1 aromatic rings. The molecule has 2 heterocycles. The summed E-state index contributed by atoms with van der Waals surface area (Å²) in [6, 6.07) is -0.562. The van der Waals surface area contributed by atoms with E-state index in [4.69, 9.17) is 15.2 Å². The Kier molecular flexibility index (Phi) is 4.71. The van der Waals surface area contributed by atoms with Crippen LogP contribution in [0.4, 0.5) is 0 Å². The molecular formula is C11H18N5O6+. The minimum Gasteiger partial charge on any atom is -0.458 e. The van der Waals surface area contributed by atoms with Crippen molar-refractivity contribution >= 4 is 11.9 Å². The number of aliphatic hydroxyl groups excluding tert-OH is 2. The van der Waals surface area contributed by atoms with Crippen molar-refractivity contribution in [2.24, 2.45) is 5.73 Å². The number of nitrogens with zero attached hydrogens (tertiary/aromatic N) is 3. The second-order valence-electron chi connectivity index (χ2n) is 4.99. The molecular weight excluding hydrogens is 298 g/mol. The smallest absolute Gasteiger partial charge is 0.364 e. The molecule has 1 aliphatic heterocycles. The fourth-order valence-corrected chi connectivity index (χ4v) is 1.90. The SMILES string of the molecule is C[C@@H]([NH3+])C(=O)OC[C@H]1O[C@@H](n2cnc(C(N)=O)n2)[C@H](O)C1O. The Hall–Kier alpha value is -2.08. The van der Waals surface area contributed by atoms with Gasteiger partial charge in [0.25, 0.3) is 5.91 Å². The third-order valence-electron chi connectivity index (χ3n) is 3.12. The lowest BCUT2D eigenvalue weighted by Crippen LogP contribution is -2.63. The van der Waals surface area contributed by atoms with Crippen LogP contribution in [0.15, 0.2) is 6.33 Å². The van der Waals surface area contributed by atoms with Crippen LogP contribution in [0.3, 0.4) is 0 Å². The van der Waals surface area contributed by atoms with Gasteiger partial charge in [-0.15, -0.1) is 5.10 Å². The van der Waals surface area contributed by atoms with Gasteiger partial charge in [0.15, 0.2) is 12.3 Å². The van der Waals surface area contributed by atoms with Crippen molar-refractivity contribution in [3.8, 4) is 0 Å². The molecule has 5 atom stereocenters. The molecule has 22 heavy (non-hydrogen) atoms. The Balaban J connectivity index is 2.03. The number of aromatic nitrogens is 3. The van der Waals surface area contributed by atoms with Gasteiger partial charge in [-0.2, -0.15) is 0 Å². The van der Waals surface area contributed by atoms with Crippen LogP contribution in [0.25, 0.3) is 0 Å². The summed E-state index contributed by atoms with van der Waals surface area (Å²) in [6.07, 6.45) is -3.49. The molecule has 2 rings (SSSR count). The van der Waals surface area contributed by atoms with Crippen LogP contribution in [0.1, 0.15) is 23.8 Å². The number of carbonyl (C=O) groups excluding carboxylic acids is 2. The van der Waals surface area contributed by atoms with E-state index in [-0.39, 0.29) is 12.4 Å². The molecule has 0 bridgehead atoms. The van der Waals surface area contributed by atoms with E-state index in [1.165, 1.54) is 0 Å². The van der Waals surface area contributed by atoms with Crippen molar-refractivity contribution in [2.45, 2.75) is 37.5 Å². The number of quaternary nitrogens is 1. The fraction of sp³-hybridized carbons (Fsp3) is 0.636. The largest absolute Gasteiger partial charge is 0.458 e. The molecule has 0 aromatic carbocycles. The number of esters is 1. The van der Waals surface area contributed by atoms with E-state index < -0.39 is 42.5 Å². The lowest BCUT2D eigenvalue weighted by Gasteiger charge is -2.14. The Morgan fingerprint density at radius 3 is 2.77 bits per heavy atom. The molecule has 0 aliphatic carbocycles. The first-order valence-corrected chi connectivity index (χ1v) is 6.53. The Morgan fingerprint density at radius 1 is 1.55 bits per heavy atom. The number of hydrogen-bond donors (Lipinski definition) is 4. The van der Waals surface area contributed by atoms with Gasteiger partial charge in [0.05, 0.1) is 0 Å². The summed E-state index contributed by atoms with van der Waals surface area (Å²) < 4.78 is 11.4. The van der Waals surface area contributed by atoms with Crippen molar-refractivity contribution in [1.82, 2.24) is 14.8 Å². The molecule has 11 heteroatoms. The number of carbonyl (C=O) groups is 2. The summed E-state index contributed by atoms with van der Waals surface area (Å²) in [7, 11) is 0. The van der Waals surface area contributed by atoms with Crippen LogP contribution in [-0.4, -0.2) is 67.8 Å². The van der Waals surface area contributed by atoms with Gasteiger partial charge < -0.3 is 31.2 Å². The first-order valence-electron chi connectivity index (χ1n) is 6.53. The lowest BCUT2D eigenvalue weighted by molar-refractivity contribution is -0.403. The lowest BCUT2D eigenvalue weighted by atomic mass is 10.1. The molecule has 1 amide bonds. The van der Waals surface area contributed by atoms with E-state index in [0.29, 0.717) is 0 Å². The van der Waals surface area contributed by atoms with Gasteiger partial charge in [-0.25, -0.2) is 14.5 Å². The highest BCUT2D eigenvalue weighted by atomic mass is 16.6. The van der Waals surface area contributed by atoms with Gasteiger partial charge in [0, 0.05) is 0 Å². The van der Waals surface area contributed by atoms with Crippen LogP contribution >= 0.6 is 0 Å². The average Bonchev–Trinajstić information content (AvgIpc) is 3.04. The standard InChI is InChI=1S/C11H17N5O6/c1-4(12)11(20)21-2-5-6(17)7(18)10(22-5)16-3-14-9(15-16)8(13)19/h3-7,10,17-18H,2,12H2,1H3,(H2,13,19)/p+1/t4-,5-,6?,7-,10-/m1/s1. The molecule has 1 aliphatic rings. The summed E-state index contributed by atoms with van der Waals surface area (Å²) in [5.41, 5.74) is 8.54. The van der Waals surface area contributed by atoms with Crippen LogP contribution in [0.5, 0.6) is 0 Å². The van der Waals surface area contributed by atoms with E-state index in [1.807, 2.05) is 0 Å². The van der Waals surface area contributed by atoms with Gasteiger partial charge in [0.1, 0.15) is 31.2 Å². The fourth-order valence-electron chi connectivity index (χ4n) is 1.90. The number of aliphatic hydroxyl groups is 2. The highest BCUT2D eigenvalue weighted by Gasteiger charge is 2.45. The monoisotopic (exact) mass is 316 g/mol. The van der Waals surface area contributed by atoms with E-state index in [2.05, 4.69) is 15.8 Å². The Morgan fingerprint density at radius 2 is 2.23 bits per heavy atom. The Bertz CT molecular complexity index is 561. The second kappa shape index (κ2) is 6.36. The molecule has 122 valence electrons. The molecule has 7 N–H and O–H groups in total. The predicted octanol–water partition coefficient (Wildman–Crippen LogP) is -3.83. The number of nitrogens with two attached hydrogens (primary N) is 1. The van der Waals surface area contributed by atoms with Crippen LogP contribution in [-0.2, 0) is 14.3 Å². The zero-order valence-corrected chi connectivity index (χ0v) is 11.8. The van der Waals surface area contributed by atoms with Gasteiger partial charge in [-0.1, -0.05) is 0 Å². The third-order valence-corrected chi connectivity index (χ3v) is 3.12. The molecule has 1 fully saturated rings. The minimum absolute atomic E-state index is 0.244. The minimum atomic E-state index is -1.33. The van der Waals surface area contributed by atoms with Crippen molar-refractivity contribution < 1.29 is 35.0 Å². The molecule has 1 aromatic heterocycles. The summed E-state index contributed by atoms with van der Waals surface area (Å²) in [6.45, 7) is 1.32. The average molecular weight is 316 g/mol. The van der Waals surface area contributed by atoms with Gasteiger partial charge in [-0.05, 0) is 6.92 Å². The maximum absolute atomic E-state index is 11.4. The van der Waals surface area contributed by atoms with Crippen molar-refractivity contribution in [3.05, 3.63) is 12.2 Å². The molecule has 1 unspecified atom stereocenters. The number of rotatable bonds is 5. The third kappa shape index (κ3) is 3.22. The second-order valence-corrected chi connectivity index (χ2v) is 4.99. The van der Waals surface area contributed by atoms with Crippen molar-refractivity contribution in [2.75, 3.05) is 6.61 Å². The van der Waals surface area contributed by atoms with Crippen molar-refractivity contribution in [1.29, 1.82) is 0 Å². The topological polar surface area (TPSA) is 177 Å². The molecule has 1 saturated heterocycles. The summed E-state index contributed by atoms with van der Waals surface area (Å²) in [5, 5.41) is 23.6. The van der Waals surface area contributed by atoms with Gasteiger partial charge in [-0.3, -0.25) is 4.79 Å².